The Morgan fingerprint density at radius 3 is 2.60 bits per heavy atom. The Balaban J connectivity index is 2.18. The maximum Gasteiger partial charge on any atom is 0.292 e. The number of nitrogen functional groups attached to an aromatic ring is 1. The number of aryl methyl sites for hydroxylation is 1. The highest BCUT2D eigenvalue weighted by molar-refractivity contribution is 5.60. The summed E-state index contributed by atoms with van der Waals surface area (Å²) in [7, 11) is 1.98. The minimum atomic E-state index is -0.469. The number of nitrogens with two attached hydrogens (primary N) is 1. The van der Waals surface area contributed by atoms with Crippen molar-refractivity contribution in [3.8, 4) is 0 Å². The normalized spacial score (nSPS) is 10.3. The first-order valence-electron chi connectivity index (χ1n) is 6.28. The van der Waals surface area contributed by atoms with Gasteiger partial charge in [-0.25, -0.2) is 0 Å². The molecule has 0 unspecified atom stereocenters. The summed E-state index contributed by atoms with van der Waals surface area (Å²) in [5.74, 6) is 0. The van der Waals surface area contributed by atoms with Crippen molar-refractivity contribution in [1.82, 2.24) is 0 Å². The van der Waals surface area contributed by atoms with Crippen LogP contribution >= 0.6 is 0 Å². The van der Waals surface area contributed by atoms with Crippen LogP contribution in [0.4, 0.5) is 17.1 Å². The number of nitrogens with zero attached hydrogens (tertiary/aromatic N) is 2. The largest absolute Gasteiger partial charge is 0.393 e. The van der Waals surface area contributed by atoms with Crippen molar-refractivity contribution in [2.45, 2.75) is 13.5 Å². The van der Waals surface area contributed by atoms with E-state index in [1.165, 1.54) is 11.6 Å². The van der Waals surface area contributed by atoms with Crippen LogP contribution in [0.2, 0.25) is 0 Å². The maximum atomic E-state index is 10.7. The lowest BCUT2D eigenvalue weighted by Crippen LogP contribution is -2.16. The molecule has 0 aliphatic rings. The molecule has 2 aromatic rings. The highest BCUT2D eigenvalue weighted by Crippen LogP contribution is 2.24. The molecular weight excluding hydrogens is 254 g/mol. The molecule has 0 fully saturated rings. The van der Waals surface area contributed by atoms with Crippen LogP contribution in [0.1, 0.15) is 11.1 Å². The zero-order valence-corrected chi connectivity index (χ0v) is 11.5. The fraction of sp³-hybridized carbons (Fsp3) is 0.200. The molecule has 2 aromatic carbocycles. The van der Waals surface area contributed by atoms with E-state index >= 15 is 0 Å². The molecule has 0 radical (unpaired) electrons. The summed E-state index contributed by atoms with van der Waals surface area (Å²) in [6.07, 6.45) is 0. The number of hydrogen-bond acceptors (Lipinski definition) is 4. The average molecular weight is 271 g/mol. The van der Waals surface area contributed by atoms with Gasteiger partial charge in [0.25, 0.3) is 5.69 Å². The lowest BCUT2D eigenvalue weighted by molar-refractivity contribution is -0.383. The Morgan fingerprint density at radius 1 is 1.25 bits per heavy atom. The second-order valence-corrected chi connectivity index (χ2v) is 4.85. The summed E-state index contributed by atoms with van der Waals surface area (Å²) >= 11 is 0. The van der Waals surface area contributed by atoms with Gasteiger partial charge in [-0.3, -0.25) is 10.1 Å². The minimum Gasteiger partial charge on any atom is -0.393 e. The number of benzene rings is 2. The van der Waals surface area contributed by atoms with Crippen molar-refractivity contribution >= 4 is 17.1 Å². The van der Waals surface area contributed by atoms with Gasteiger partial charge in [-0.05, 0) is 36.2 Å². The van der Waals surface area contributed by atoms with E-state index in [9.17, 15) is 10.1 Å². The third-order valence-corrected chi connectivity index (χ3v) is 3.15. The Morgan fingerprint density at radius 2 is 2.00 bits per heavy atom. The zero-order valence-electron chi connectivity index (χ0n) is 11.5. The summed E-state index contributed by atoms with van der Waals surface area (Å²) in [6.45, 7) is 2.69. The first kappa shape index (κ1) is 13.9. The molecule has 0 amide bonds. The molecule has 5 heteroatoms. The standard InChI is InChI=1S/C15H17N3O2/c1-11-4-3-5-13(8-11)17(2)10-12-6-7-15(18(19)20)14(16)9-12/h3-9H,10,16H2,1-2H3. The van der Waals surface area contributed by atoms with Crippen LogP contribution in [0.3, 0.4) is 0 Å². The molecule has 0 aliphatic heterocycles. The summed E-state index contributed by atoms with van der Waals surface area (Å²) < 4.78 is 0. The van der Waals surface area contributed by atoms with Gasteiger partial charge in [0, 0.05) is 25.3 Å². The van der Waals surface area contributed by atoms with Gasteiger partial charge >= 0.3 is 0 Å². The van der Waals surface area contributed by atoms with Gasteiger partial charge < -0.3 is 10.6 Å². The minimum absolute atomic E-state index is 0.0491. The van der Waals surface area contributed by atoms with E-state index in [-0.39, 0.29) is 11.4 Å². The van der Waals surface area contributed by atoms with Crippen molar-refractivity contribution < 1.29 is 4.92 Å². The smallest absolute Gasteiger partial charge is 0.292 e. The molecule has 0 saturated carbocycles. The van der Waals surface area contributed by atoms with Crippen LogP contribution in [-0.2, 0) is 6.54 Å². The van der Waals surface area contributed by atoms with Crippen LogP contribution in [0.15, 0.2) is 42.5 Å². The molecule has 104 valence electrons. The number of anilines is 2. The SMILES string of the molecule is Cc1cccc(N(C)Cc2ccc([N+](=O)[O-])c(N)c2)c1. The fourth-order valence-corrected chi connectivity index (χ4v) is 2.10. The van der Waals surface area contributed by atoms with Crippen LogP contribution in [0.25, 0.3) is 0 Å². The molecule has 2 rings (SSSR count). The summed E-state index contributed by atoms with van der Waals surface area (Å²) in [5.41, 5.74) is 9.08. The van der Waals surface area contributed by atoms with E-state index in [1.54, 1.807) is 12.1 Å². The molecular formula is C15H17N3O2. The summed E-state index contributed by atoms with van der Waals surface area (Å²) in [5, 5.41) is 10.7. The van der Waals surface area contributed by atoms with Crippen LogP contribution in [0.5, 0.6) is 0 Å². The van der Waals surface area contributed by atoms with Gasteiger partial charge in [0.05, 0.1) is 4.92 Å². The third-order valence-electron chi connectivity index (χ3n) is 3.15. The van der Waals surface area contributed by atoms with Crippen LogP contribution < -0.4 is 10.6 Å². The highest BCUT2D eigenvalue weighted by atomic mass is 16.6. The van der Waals surface area contributed by atoms with Crippen LogP contribution in [-0.4, -0.2) is 12.0 Å². The Bertz CT molecular complexity index is 641. The van der Waals surface area contributed by atoms with Gasteiger partial charge in [0.15, 0.2) is 0 Å². The second kappa shape index (κ2) is 5.61. The summed E-state index contributed by atoms with van der Waals surface area (Å²) in [6, 6.07) is 13.0. The van der Waals surface area contributed by atoms with E-state index in [4.69, 9.17) is 5.73 Å². The molecule has 0 atom stereocenters. The fourth-order valence-electron chi connectivity index (χ4n) is 2.10. The third kappa shape index (κ3) is 3.06. The molecule has 5 nitrogen and oxygen atoms in total. The first-order chi connectivity index (χ1) is 9.47. The zero-order chi connectivity index (χ0) is 14.7. The number of rotatable bonds is 4. The molecule has 0 saturated heterocycles. The lowest BCUT2D eigenvalue weighted by atomic mass is 10.1. The molecule has 0 bridgehead atoms. The Hall–Kier alpha value is -2.56. The molecule has 0 aliphatic carbocycles. The topological polar surface area (TPSA) is 72.4 Å². The van der Waals surface area contributed by atoms with Gasteiger partial charge in [0.2, 0.25) is 0 Å². The van der Waals surface area contributed by atoms with Crippen molar-refractivity contribution in [1.29, 1.82) is 0 Å². The van der Waals surface area contributed by atoms with Gasteiger partial charge in [-0.15, -0.1) is 0 Å². The average Bonchev–Trinajstić information content (AvgIpc) is 2.38. The summed E-state index contributed by atoms with van der Waals surface area (Å²) in [4.78, 5) is 12.3. The van der Waals surface area contributed by atoms with E-state index in [0.29, 0.717) is 6.54 Å². The van der Waals surface area contributed by atoms with E-state index in [2.05, 4.69) is 11.0 Å². The number of hydrogen-bond donors (Lipinski definition) is 1. The first-order valence-corrected chi connectivity index (χ1v) is 6.28. The monoisotopic (exact) mass is 271 g/mol. The Labute approximate surface area is 117 Å². The van der Waals surface area contributed by atoms with Crippen molar-refractivity contribution in [2.24, 2.45) is 0 Å². The number of nitro groups is 1. The highest BCUT2D eigenvalue weighted by Gasteiger charge is 2.12. The van der Waals surface area contributed by atoms with E-state index < -0.39 is 4.92 Å². The lowest BCUT2D eigenvalue weighted by Gasteiger charge is -2.20. The molecule has 20 heavy (non-hydrogen) atoms. The van der Waals surface area contributed by atoms with Crippen molar-refractivity contribution in [2.75, 3.05) is 17.7 Å². The van der Waals surface area contributed by atoms with Gasteiger partial charge in [0.1, 0.15) is 5.69 Å². The quantitative estimate of drug-likeness (QED) is 0.527. The van der Waals surface area contributed by atoms with Crippen molar-refractivity contribution in [3.05, 3.63) is 63.7 Å². The van der Waals surface area contributed by atoms with Gasteiger partial charge in [-0.1, -0.05) is 18.2 Å². The van der Waals surface area contributed by atoms with Crippen LogP contribution in [0, 0.1) is 17.0 Å². The van der Waals surface area contributed by atoms with Gasteiger partial charge in [-0.2, -0.15) is 0 Å². The van der Waals surface area contributed by atoms with E-state index in [1.807, 2.05) is 32.2 Å². The predicted octanol–water partition coefficient (Wildman–Crippen LogP) is 3.12. The second-order valence-electron chi connectivity index (χ2n) is 4.85. The predicted molar refractivity (Wildman–Crippen MR) is 80.8 cm³/mol. The molecule has 0 aromatic heterocycles. The molecule has 2 N–H and O–H groups in total. The van der Waals surface area contributed by atoms with E-state index in [0.717, 1.165) is 11.3 Å². The number of nitro benzene ring substituents is 1. The Kier molecular flexibility index (Phi) is 3.89. The molecule has 0 spiro atoms. The maximum absolute atomic E-state index is 10.7. The molecule has 0 heterocycles. The van der Waals surface area contributed by atoms with Crippen molar-refractivity contribution in [3.63, 3.8) is 0 Å².